The second kappa shape index (κ2) is 8.52. The van der Waals surface area contributed by atoms with E-state index >= 15 is 0 Å². The molecule has 0 N–H and O–H groups in total. The van der Waals surface area contributed by atoms with Gasteiger partial charge in [-0.1, -0.05) is 24.3 Å². The van der Waals surface area contributed by atoms with Gasteiger partial charge in [0, 0.05) is 16.3 Å². The Morgan fingerprint density at radius 1 is 1.29 bits per heavy atom. The van der Waals surface area contributed by atoms with E-state index in [1.165, 1.54) is 6.08 Å². The average molecular weight is 231 g/mol. The van der Waals surface area contributed by atoms with E-state index in [2.05, 4.69) is 6.58 Å². The van der Waals surface area contributed by atoms with Gasteiger partial charge in [-0.25, -0.2) is 8.42 Å². The first-order chi connectivity index (χ1) is 6.70. The van der Waals surface area contributed by atoms with Gasteiger partial charge in [0.2, 0.25) is 0 Å². The highest BCUT2D eigenvalue weighted by atomic mass is 32.2. The molecule has 1 aromatic rings. The molecule has 0 aliphatic heterocycles. The van der Waals surface area contributed by atoms with Gasteiger partial charge in [-0.05, 0) is 0 Å². The summed E-state index contributed by atoms with van der Waals surface area (Å²) < 4.78 is 29.2. The van der Waals surface area contributed by atoms with E-state index in [0.29, 0.717) is 11.7 Å². The molecule has 0 spiro atoms. The summed E-state index contributed by atoms with van der Waals surface area (Å²) in [5.74, 6) is 0.0926. The monoisotopic (exact) mass is 231 g/mol. The van der Waals surface area contributed by atoms with E-state index in [-0.39, 0.29) is 5.75 Å². The summed E-state index contributed by atoms with van der Waals surface area (Å²) in [5, 5.41) is 0. The Hall–Kier alpha value is -1.07. The largest absolute Gasteiger partial charge is 0.505 e. The van der Waals surface area contributed by atoms with E-state index in [4.69, 9.17) is 0 Å². The van der Waals surface area contributed by atoms with Crippen molar-refractivity contribution in [3.63, 3.8) is 0 Å². The van der Waals surface area contributed by atoms with Crippen molar-refractivity contribution in [2.24, 2.45) is 0 Å². The van der Waals surface area contributed by atoms with Gasteiger partial charge >= 0.3 is 11.7 Å². The standard InChI is InChI=1S/C6H5OS.C3H6O2S/c7-8-6-4-2-1-3-5-6;1-2-3-6(4)5/h1-5H;2,6H,1,3H2/q+1;. The molecule has 76 valence electrons. The summed E-state index contributed by atoms with van der Waals surface area (Å²) in [6.45, 7) is 3.22. The number of benzene rings is 1. The molecule has 14 heavy (non-hydrogen) atoms. The number of hydrogen-bond acceptors (Lipinski definition) is 3. The maximum atomic E-state index is 10.0. The molecule has 0 radical (unpaired) electrons. The van der Waals surface area contributed by atoms with Crippen LogP contribution < -0.4 is 0 Å². The van der Waals surface area contributed by atoms with Crippen LogP contribution in [0.15, 0.2) is 47.9 Å². The van der Waals surface area contributed by atoms with Crippen molar-refractivity contribution >= 4 is 22.4 Å². The predicted molar refractivity (Wildman–Crippen MR) is 58.1 cm³/mol. The second-order valence-corrected chi connectivity index (χ2v) is 3.87. The lowest BCUT2D eigenvalue weighted by Crippen LogP contribution is -1.76. The van der Waals surface area contributed by atoms with Crippen LogP contribution in [-0.2, 0) is 26.6 Å². The Labute approximate surface area is 88.9 Å². The predicted octanol–water partition coefficient (Wildman–Crippen LogP) is 1.26. The molecule has 0 fully saturated rings. The Bertz CT molecular complexity index is 336. The highest BCUT2D eigenvalue weighted by Crippen LogP contribution is 1.95. The maximum Gasteiger partial charge on any atom is 0.505 e. The van der Waals surface area contributed by atoms with Crippen molar-refractivity contribution in [2.45, 2.75) is 4.90 Å². The summed E-state index contributed by atoms with van der Waals surface area (Å²) in [6, 6.07) is 9.16. The third kappa shape index (κ3) is 7.57. The van der Waals surface area contributed by atoms with Crippen LogP contribution in [-0.4, -0.2) is 14.2 Å². The van der Waals surface area contributed by atoms with E-state index in [1.54, 1.807) is 12.1 Å². The fourth-order valence-electron chi connectivity index (χ4n) is 0.581. The highest BCUT2D eigenvalue weighted by molar-refractivity contribution is 7.72. The molecule has 0 saturated heterocycles. The fraction of sp³-hybridized carbons (Fsp3) is 0.111. The summed E-state index contributed by atoms with van der Waals surface area (Å²) >= 11 is 0.519. The summed E-state index contributed by atoms with van der Waals surface area (Å²) in [5.41, 5.74) is 0. The highest BCUT2D eigenvalue weighted by Gasteiger charge is 1.99. The fourth-order valence-corrected chi connectivity index (χ4v) is 1.06. The van der Waals surface area contributed by atoms with Crippen LogP contribution in [0.1, 0.15) is 0 Å². The first-order valence-electron chi connectivity index (χ1n) is 3.78. The van der Waals surface area contributed by atoms with Gasteiger partial charge in [-0.3, -0.25) is 0 Å². The third-order valence-electron chi connectivity index (χ3n) is 1.12. The van der Waals surface area contributed by atoms with Crippen molar-refractivity contribution in [1.82, 2.24) is 0 Å². The SMILES string of the molecule is C=CC[SH](=O)=O.O=[S+]c1ccccc1. The molecule has 0 aliphatic carbocycles. The zero-order valence-electron chi connectivity index (χ0n) is 7.46. The van der Waals surface area contributed by atoms with Gasteiger partial charge in [0.05, 0.1) is 5.75 Å². The molecule has 0 heterocycles. The molecule has 0 aliphatic rings. The Morgan fingerprint density at radius 3 is 2.07 bits per heavy atom. The van der Waals surface area contributed by atoms with Crippen molar-refractivity contribution in [1.29, 1.82) is 0 Å². The van der Waals surface area contributed by atoms with Gasteiger partial charge in [-0.15, -0.1) is 6.58 Å². The van der Waals surface area contributed by atoms with Crippen LogP contribution in [0.3, 0.4) is 0 Å². The Kier molecular flexibility index (Phi) is 7.87. The lowest BCUT2D eigenvalue weighted by molar-refractivity contribution is 0.605. The molecule has 3 nitrogen and oxygen atoms in total. The molecule has 1 rings (SSSR count). The minimum Gasteiger partial charge on any atom is -0.232 e. The first-order valence-corrected chi connectivity index (χ1v) is 5.88. The molecule has 5 heteroatoms. The summed E-state index contributed by atoms with van der Waals surface area (Å²) in [7, 11) is -2.22. The lowest BCUT2D eigenvalue weighted by Gasteiger charge is -1.70. The molecular formula is C9H11O3S2+. The molecule has 0 amide bonds. The summed E-state index contributed by atoms with van der Waals surface area (Å²) in [4.78, 5) is 0.771. The van der Waals surface area contributed by atoms with Gasteiger partial charge in [0.15, 0.2) is 0 Å². The Morgan fingerprint density at radius 2 is 1.86 bits per heavy atom. The summed E-state index contributed by atoms with van der Waals surface area (Å²) in [6.07, 6.45) is 1.35. The van der Waals surface area contributed by atoms with Crippen molar-refractivity contribution in [3.05, 3.63) is 43.0 Å². The van der Waals surface area contributed by atoms with Gasteiger partial charge in [0.1, 0.15) is 10.7 Å². The average Bonchev–Trinajstić information content (AvgIpc) is 2.20. The quantitative estimate of drug-likeness (QED) is 0.484. The van der Waals surface area contributed by atoms with E-state index in [9.17, 15) is 12.6 Å². The molecule has 0 unspecified atom stereocenters. The van der Waals surface area contributed by atoms with E-state index in [1.807, 2.05) is 18.2 Å². The number of hydrogen-bond donors (Lipinski definition) is 1. The van der Waals surface area contributed by atoms with Gasteiger partial charge in [-0.2, -0.15) is 0 Å². The molecule has 0 aromatic heterocycles. The Balaban J connectivity index is 0.000000255. The smallest absolute Gasteiger partial charge is 0.232 e. The van der Waals surface area contributed by atoms with Gasteiger partial charge in [0.25, 0.3) is 4.90 Å². The molecule has 1 aromatic carbocycles. The third-order valence-corrected chi connectivity index (χ3v) is 2.14. The van der Waals surface area contributed by atoms with Crippen LogP contribution in [0.2, 0.25) is 0 Å². The molecule has 0 saturated carbocycles. The van der Waals surface area contributed by atoms with Crippen molar-refractivity contribution in [2.75, 3.05) is 5.75 Å². The normalized spacial score (nSPS) is 8.64. The zero-order chi connectivity index (χ0) is 10.8. The zero-order valence-corrected chi connectivity index (χ0v) is 9.17. The maximum absolute atomic E-state index is 10.0. The van der Waals surface area contributed by atoms with Crippen molar-refractivity contribution < 1.29 is 12.6 Å². The van der Waals surface area contributed by atoms with Crippen LogP contribution in [0.25, 0.3) is 0 Å². The van der Waals surface area contributed by atoms with Crippen LogP contribution >= 0.6 is 0 Å². The molecule has 0 atom stereocenters. The minimum absolute atomic E-state index is 0.0926. The van der Waals surface area contributed by atoms with E-state index in [0.717, 1.165) is 4.90 Å². The lowest BCUT2D eigenvalue weighted by atomic mass is 10.4. The van der Waals surface area contributed by atoms with Gasteiger partial charge < -0.3 is 0 Å². The second-order valence-electron chi connectivity index (χ2n) is 2.20. The molecular weight excluding hydrogens is 220 g/mol. The van der Waals surface area contributed by atoms with E-state index < -0.39 is 10.7 Å². The minimum atomic E-state index is -2.22. The van der Waals surface area contributed by atoms with Crippen molar-refractivity contribution in [3.8, 4) is 0 Å². The number of thiol groups is 1. The van der Waals surface area contributed by atoms with Crippen LogP contribution in [0.4, 0.5) is 0 Å². The first kappa shape index (κ1) is 12.9. The van der Waals surface area contributed by atoms with Crippen LogP contribution in [0, 0.1) is 0 Å². The molecule has 0 bridgehead atoms. The van der Waals surface area contributed by atoms with Crippen LogP contribution in [0.5, 0.6) is 0 Å². The number of rotatable bonds is 3. The topological polar surface area (TPSA) is 51.2 Å².